The summed E-state index contributed by atoms with van der Waals surface area (Å²) in [4.78, 5) is 24.5. The van der Waals surface area contributed by atoms with E-state index in [1.54, 1.807) is 18.2 Å². The molecule has 10 heteroatoms. The minimum absolute atomic E-state index is 0.133. The molecule has 1 aromatic heterocycles. The Morgan fingerprint density at radius 3 is 2.48 bits per heavy atom. The van der Waals surface area contributed by atoms with E-state index in [9.17, 15) is 18.0 Å². The van der Waals surface area contributed by atoms with Crippen molar-refractivity contribution in [3.63, 3.8) is 0 Å². The number of anilines is 1. The molecule has 1 heterocycles. The number of hydrogen-bond donors (Lipinski definition) is 2. The van der Waals surface area contributed by atoms with Gasteiger partial charge < -0.3 is 14.8 Å². The van der Waals surface area contributed by atoms with E-state index in [1.165, 1.54) is 42.7 Å². The van der Waals surface area contributed by atoms with Gasteiger partial charge in [0.1, 0.15) is 10.6 Å². The van der Waals surface area contributed by atoms with Crippen molar-refractivity contribution in [1.29, 1.82) is 0 Å². The number of fused-ring (bicyclic) bond motifs is 1. The summed E-state index contributed by atoms with van der Waals surface area (Å²) in [5, 5.41) is 3.55. The van der Waals surface area contributed by atoms with Crippen LogP contribution in [0.3, 0.4) is 0 Å². The zero-order chi connectivity index (χ0) is 22.4. The lowest BCUT2D eigenvalue weighted by atomic mass is 10.2. The molecule has 0 aliphatic carbocycles. The number of thiophene rings is 1. The maximum Gasteiger partial charge on any atom is 0.348 e. The molecule has 0 atom stereocenters. The fourth-order valence-electron chi connectivity index (χ4n) is 2.70. The van der Waals surface area contributed by atoms with Crippen LogP contribution in [0.1, 0.15) is 23.0 Å². The van der Waals surface area contributed by atoms with Gasteiger partial charge in [-0.3, -0.25) is 4.79 Å². The molecule has 164 valence electrons. The fourth-order valence-corrected chi connectivity index (χ4v) is 4.80. The Morgan fingerprint density at radius 1 is 1.06 bits per heavy atom. The lowest BCUT2D eigenvalue weighted by molar-refractivity contribution is -0.118. The monoisotopic (exact) mass is 462 g/mol. The van der Waals surface area contributed by atoms with Gasteiger partial charge in [-0.25, -0.2) is 17.9 Å². The van der Waals surface area contributed by atoms with Gasteiger partial charge in [0.05, 0.1) is 12.0 Å². The van der Waals surface area contributed by atoms with Crippen LogP contribution < -0.4 is 14.8 Å². The fraction of sp³-hybridized carbons (Fsp3) is 0.238. The summed E-state index contributed by atoms with van der Waals surface area (Å²) in [6, 6.07) is 12.9. The Kier molecular flexibility index (Phi) is 7.26. The van der Waals surface area contributed by atoms with Crippen LogP contribution in [0.5, 0.6) is 5.75 Å². The molecule has 3 rings (SSSR count). The first-order valence-corrected chi connectivity index (χ1v) is 11.8. The zero-order valence-electron chi connectivity index (χ0n) is 17.0. The predicted octanol–water partition coefficient (Wildman–Crippen LogP) is 3.39. The van der Waals surface area contributed by atoms with Gasteiger partial charge in [-0.15, -0.1) is 11.3 Å². The Labute approximate surface area is 184 Å². The third-order valence-electron chi connectivity index (χ3n) is 4.23. The lowest BCUT2D eigenvalue weighted by Crippen LogP contribution is -2.24. The molecule has 3 aromatic rings. The average Bonchev–Trinajstić information content (AvgIpc) is 3.19. The molecular weight excluding hydrogens is 440 g/mol. The largest absolute Gasteiger partial charge is 0.484 e. The van der Waals surface area contributed by atoms with E-state index in [0.29, 0.717) is 29.3 Å². The number of amides is 1. The summed E-state index contributed by atoms with van der Waals surface area (Å²) in [6.07, 6.45) is 0.696. The van der Waals surface area contributed by atoms with Crippen molar-refractivity contribution in [2.24, 2.45) is 0 Å². The van der Waals surface area contributed by atoms with E-state index in [0.717, 1.165) is 10.1 Å². The molecule has 1 amide bonds. The molecule has 0 saturated carbocycles. The highest BCUT2D eigenvalue weighted by molar-refractivity contribution is 7.89. The maximum absolute atomic E-state index is 12.2. The molecule has 0 radical (unpaired) electrons. The molecule has 0 aliphatic rings. The topological polar surface area (TPSA) is 111 Å². The van der Waals surface area contributed by atoms with Gasteiger partial charge in [-0.1, -0.05) is 6.92 Å². The summed E-state index contributed by atoms with van der Waals surface area (Å²) in [6.45, 7) is 2.00. The van der Waals surface area contributed by atoms with E-state index < -0.39 is 16.0 Å². The first-order valence-electron chi connectivity index (χ1n) is 9.46. The van der Waals surface area contributed by atoms with Gasteiger partial charge in [-0.05, 0) is 60.3 Å². The third kappa shape index (κ3) is 5.81. The number of esters is 1. The number of methoxy groups -OCH3 is 1. The highest BCUT2D eigenvalue weighted by atomic mass is 32.2. The molecule has 8 nitrogen and oxygen atoms in total. The van der Waals surface area contributed by atoms with Crippen molar-refractivity contribution in [3.8, 4) is 5.75 Å². The maximum atomic E-state index is 12.2. The number of rotatable bonds is 9. The van der Waals surface area contributed by atoms with Crippen LogP contribution in [0, 0.1) is 0 Å². The van der Waals surface area contributed by atoms with E-state index in [-0.39, 0.29) is 17.4 Å². The highest BCUT2D eigenvalue weighted by Gasteiger charge is 2.14. The van der Waals surface area contributed by atoms with Crippen LogP contribution in [0.25, 0.3) is 10.1 Å². The van der Waals surface area contributed by atoms with Crippen LogP contribution >= 0.6 is 11.3 Å². The Balaban J connectivity index is 1.58. The van der Waals surface area contributed by atoms with Crippen molar-refractivity contribution in [1.82, 2.24) is 4.72 Å². The molecular formula is C21H22N2O6S2. The Bertz CT molecular complexity index is 1190. The van der Waals surface area contributed by atoms with E-state index in [2.05, 4.69) is 10.0 Å². The van der Waals surface area contributed by atoms with Gasteiger partial charge in [0.15, 0.2) is 6.61 Å². The zero-order valence-corrected chi connectivity index (χ0v) is 18.6. The Hall–Kier alpha value is -2.95. The SMILES string of the molecule is CCCNS(=O)(=O)c1ccc(OCC(=O)Nc2ccc3sc(C(=O)OC)cc3c2)cc1. The summed E-state index contributed by atoms with van der Waals surface area (Å²) in [5.74, 6) is -0.398. The molecule has 2 N–H and O–H groups in total. The molecule has 0 aliphatic heterocycles. The number of benzene rings is 2. The van der Waals surface area contributed by atoms with E-state index in [4.69, 9.17) is 9.47 Å². The molecule has 0 unspecified atom stereocenters. The van der Waals surface area contributed by atoms with Crippen LogP contribution in [-0.4, -0.2) is 40.6 Å². The van der Waals surface area contributed by atoms with Crippen LogP contribution in [0.2, 0.25) is 0 Å². The summed E-state index contributed by atoms with van der Waals surface area (Å²) in [5.41, 5.74) is 0.568. The number of hydrogen-bond acceptors (Lipinski definition) is 7. The second-order valence-corrected chi connectivity index (χ2v) is 9.41. The summed E-state index contributed by atoms with van der Waals surface area (Å²) < 4.78 is 37.7. The van der Waals surface area contributed by atoms with Crippen molar-refractivity contribution in [2.45, 2.75) is 18.2 Å². The number of carbonyl (C=O) groups excluding carboxylic acids is 2. The average molecular weight is 463 g/mol. The van der Waals surface area contributed by atoms with Crippen LogP contribution in [0.4, 0.5) is 5.69 Å². The number of ether oxygens (including phenoxy) is 2. The normalized spacial score (nSPS) is 11.3. The van der Waals surface area contributed by atoms with Crippen molar-refractivity contribution in [3.05, 3.63) is 53.4 Å². The second-order valence-electron chi connectivity index (χ2n) is 6.56. The van der Waals surface area contributed by atoms with E-state index in [1.807, 2.05) is 13.0 Å². The van der Waals surface area contributed by atoms with Crippen molar-refractivity contribution >= 4 is 49.0 Å². The number of carbonyl (C=O) groups is 2. The standard InChI is InChI=1S/C21H22N2O6S2/c1-3-10-22-31(26,27)17-7-5-16(6-8-17)29-13-20(24)23-15-4-9-18-14(11-15)12-19(30-18)21(25)28-2/h4-9,11-12,22H,3,10,13H2,1-2H3,(H,23,24). The second kappa shape index (κ2) is 9.90. The molecule has 2 aromatic carbocycles. The van der Waals surface area contributed by atoms with E-state index >= 15 is 0 Å². The van der Waals surface area contributed by atoms with Crippen molar-refractivity contribution < 1.29 is 27.5 Å². The third-order valence-corrected chi connectivity index (χ3v) is 6.81. The van der Waals surface area contributed by atoms with Gasteiger partial charge >= 0.3 is 5.97 Å². The molecule has 31 heavy (non-hydrogen) atoms. The lowest BCUT2D eigenvalue weighted by Gasteiger charge is -2.09. The van der Waals surface area contributed by atoms with Gasteiger partial charge in [0.25, 0.3) is 5.91 Å². The highest BCUT2D eigenvalue weighted by Crippen LogP contribution is 2.28. The Morgan fingerprint density at radius 2 is 1.81 bits per heavy atom. The van der Waals surface area contributed by atoms with Gasteiger partial charge in [-0.2, -0.15) is 0 Å². The summed E-state index contributed by atoms with van der Waals surface area (Å²) >= 11 is 1.31. The van der Waals surface area contributed by atoms with Crippen LogP contribution in [0.15, 0.2) is 53.4 Å². The quantitative estimate of drug-likeness (QED) is 0.472. The molecule has 0 spiro atoms. The minimum Gasteiger partial charge on any atom is -0.484 e. The minimum atomic E-state index is -3.55. The predicted molar refractivity (Wildman–Crippen MR) is 119 cm³/mol. The molecule has 0 saturated heterocycles. The molecule has 0 bridgehead atoms. The summed E-state index contributed by atoms with van der Waals surface area (Å²) in [7, 11) is -2.22. The number of nitrogens with one attached hydrogen (secondary N) is 2. The van der Waals surface area contributed by atoms with Gasteiger partial charge in [0.2, 0.25) is 10.0 Å². The van der Waals surface area contributed by atoms with Crippen LogP contribution in [-0.2, 0) is 19.6 Å². The first-order chi connectivity index (χ1) is 14.8. The van der Waals surface area contributed by atoms with Crippen molar-refractivity contribution in [2.75, 3.05) is 25.6 Å². The van der Waals surface area contributed by atoms with Gasteiger partial charge in [0, 0.05) is 16.9 Å². The smallest absolute Gasteiger partial charge is 0.348 e. The number of sulfonamides is 1. The first kappa shape index (κ1) is 22.7. The molecule has 0 fully saturated rings.